The van der Waals surface area contributed by atoms with E-state index in [1.54, 1.807) is 42.5 Å². The molecule has 1 saturated heterocycles. The summed E-state index contributed by atoms with van der Waals surface area (Å²) < 4.78 is 5.69. The predicted molar refractivity (Wildman–Crippen MR) is 148 cm³/mol. The van der Waals surface area contributed by atoms with Crippen LogP contribution in [0, 0.1) is 0 Å². The van der Waals surface area contributed by atoms with Crippen LogP contribution in [0.1, 0.15) is 23.9 Å². The number of carbonyl (C=O) groups is 2. The third-order valence-electron chi connectivity index (χ3n) is 5.74. The van der Waals surface area contributed by atoms with Crippen LogP contribution in [-0.2, 0) is 4.79 Å². The van der Waals surface area contributed by atoms with E-state index in [2.05, 4.69) is 15.5 Å². The molecule has 1 fully saturated rings. The van der Waals surface area contributed by atoms with Crippen LogP contribution in [0.25, 0.3) is 11.3 Å². The first kappa shape index (κ1) is 26.3. The number of piperazine rings is 1. The molecule has 7 nitrogen and oxygen atoms in total. The van der Waals surface area contributed by atoms with Crippen molar-refractivity contribution in [3.8, 4) is 11.3 Å². The lowest BCUT2D eigenvalue weighted by atomic mass is 10.2. The zero-order chi connectivity index (χ0) is 25.8. The van der Waals surface area contributed by atoms with Crippen LogP contribution >= 0.6 is 47.0 Å². The Balaban J connectivity index is 1.42. The second kappa shape index (κ2) is 11.5. The van der Waals surface area contributed by atoms with Crippen molar-refractivity contribution < 1.29 is 14.0 Å². The smallest absolute Gasteiger partial charge is 0.293 e. The Morgan fingerprint density at radius 3 is 2.42 bits per heavy atom. The fourth-order valence-corrected chi connectivity index (χ4v) is 4.56. The summed E-state index contributed by atoms with van der Waals surface area (Å²) in [6.07, 6.45) is 0.492. The predicted octanol–water partition coefficient (Wildman–Crippen LogP) is 6.09. The van der Waals surface area contributed by atoms with Gasteiger partial charge in [0.25, 0.3) is 5.91 Å². The molecule has 2 aromatic carbocycles. The second-order valence-corrected chi connectivity index (χ2v) is 9.74. The number of rotatable bonds is 5. The molecule has 2 N–H and O–H groups in total. The highest BCUT2D eigenvalue weighted by Gasteiger charge is 2.22. The summed E-state index contributed by atoms with van der Waals surface area (Å²) in [4.78, 5) is 28.8. The molecule has 36 heavy (non-hydrogen) atoms. The Labute approximate surface area is 229 Å². The molecular weight excluding hydrogens is 543 g/mol. The lowest BCUT2D eigenvalue weighted by molar-refractivity contribution is -0.131. The number of hydrogen-bond acceptors (Lipinski definition) is 5. The molecule has 188 valence electrons. The van der Waals surface area contributed by atoms with E-state index in [-0.39, 0.29) is 16.8 Å². The van der Waals surface area contributed by atoms with Crippen LogP contribution < -0.4 is 15.5 Å². The molecule has 3 aromatic rings. The minimum absolute atomic E-state index is 0.0863. The maximum absolute atomic E-state index is 12.7. The first-order valence-corrected chi connectivity index (χ1v) is 12.8. The number of hydrogen-bond donors (Lipinski definition) is 2. The molecule has 0 unspecified atom stereocenters. The van der Waals surface area contributed by atoms with Gasteiger partial charge in [0, 0.05) is 43.2 Å². The van der Waals surface area contributed by atoms with Crippen LogP contribution in [0.3, 0.4) is 0 Å². The van der Waals surface area contributed by atoms with Crippen molar-refractivity contribution in [3.05, 3.63) is 69.4 Å². The quantitative estimate of drug-likeness (QED) is 0.365. The SMILES string of the molecule is CCC(=O)N1CCN(c2ccc(Cl)cc2NC(=S)NC(=O)c2ccc(-c3ccc(Cl)c(Cl)c3)o2)CC1. The van der Waals surface area contributed by atoms with Crippen LogP contribution in [0.5, 0.6) is 0 Å². The minimum Gasteiger partial charge on any atom is -0.451 e. The molecule has 1 aliphatic heterocycles. The summed E-state index contributed by atoms with van der Waals surface area (Å²) in [7, 11) is 0. The van der Waals surface area contributed by atoms with E-state index in [0.29, 0.717) is 64.7 Å². The van der Waals surface area contributed by atoms with E-state index >= 15 is 0 Å². The van der Waals surface area contributed by atoms with E-state index < -0.39 is 5.91 Å². The molecule has 2 amide bonds. The topological polar surface area (TPSA) is 77.8 Å². The number of halogens is 3. The van der Waals surface area contributed by atoms with E-state index in [1.165, 1.54) is 0 Å². The molecule has 1 aromatic heterocycles. The largest absolute Gasteiger partial charge is 0.451 e. The van der Waals surface area contributed by atoms with Gasteiger partial charge in [-0.05, 0) is 60.7 Å². The van der Waals surface area contributed by atoms with E-state index in [9.17, 15) is 9.59 Å². The van der Waals surface area contributed by atoms with Crippen molar-refractivity contribution in [2.45, 2.75) is 13.3 Å². The number of anilines is 2. The lowest BCUT2D eigenvalue weighted by Gasteiger charge is -2.37. The normalized spacial score (nSPS) is 13.4. The fraction of sp³-hybridized carbons (Fsp3) is 0.240. The molecule has 1 aliphatic rings. The minimum atomic E-state index is -0.505. The zero-order valence-electron chi connectivity index (χ0n) is 19.3. The lowest BCUT2D eigenvalue weighted by Crippen LogP contribution is -2.48. The maximum Gasteiger partial charge on any atom is 0.293 e. The van der Waals surface area contributed by atoms with Crippen LogP contribution in [0.15, 0.2) is 52.9 Å². The van der Waals surface area contributed by atoms with E-state index in [1.807, 2.05) is 17.9 Å². The Hall–Kier alpha value is -2.78. The molecule has 0 atom stereocenters. The van der Waals surface area contributed by atoms with Gasteiger partial charge in [-0.25, -0.2) is 0 Å². The average Bonchev–Trinajstić information content (AvgIpc) is 3.36. The highest BCUT2D eigenvalue weighted by molar-refractivity contribution is 7.80. The third-order valence-corrected chi connectivity index (χ3v) is 6.92. The van der Waals surface area contributed by atoms with Crippen molar-refractivity contribution in [2.75, 3.05) is 36.4 Å². The molecule has 0 spiro atoms. The maximum atomic E-state index is 12.7. The molecule has 11 heteroatoms. The van der Waals surface area contributed by atoms with Gasteiger partial charge in [-0.2, -0.15) is 0 Å². The van der Waals surface area contributed by atoms with Gasteiger partial charge < -0.3 is 19.5 Å². The number of nitrogens with zero attached hydrogens (tertiary/aromatic N) is 2. The Bertz CT molecular complexity index is 1310. The summed E-state index contributed by atoms with van der Waals surface area (Å²) in [5, 5.41) is 7.13. The standard InChI is InChI=1S/C25H23Cl3N4O3S/c1-2-23(33)32-11-9-31(10-12-32)20-6-4-16(26)14-19(20)29-25(36)30-24(34)22-8-7-21(35-22)15-3-5-17(27)18(28)13-15/h3-8,13-14H,2,9-12H2,1H3,(H2,29,30,34,36). The number of amides is 2. The molecule has 0 bridgehead atoms. The van der Waals surface area contributed by atoms with Crippen LogP contribution in [0.4, 0.5) is 11.4 Å². The summed E-state index contributed by atoms with van der Waals surface area (Å²) in [5.74, 6) is 0.195. The number of furan rings is 1. The molecule has 0 radical (unpaired) electrons. The highest BCUT2D eigenvalue weighted by atomic mass is 35.5. The average molecular weight is 566 g/mol. The van der Waals surface area contributed by atoms with Crippen LogP contribution in [-0.4, -0.2) is 48.0 Å². The van der Waals surface area contributed by atoms with Crippen molar-refractivity contribution in [1.29, 1.82) is 0 Å². The first-order valence-electron chi connectivity index (χ1n) is 11.2. The van der Waals surface area contributed by atoms with Gasteiger partial charge in [0.15, 0.2) is 10.9 Å². The van der Waals surface area contributed by atoms with Gasteiger partial charge in [0.05, 0.1) is 21.4 Å². The zero-order valence-corrected chi connectivity index (χ0v) is 22.4. The van der Waals surface area contributed by atoms with Gasteiger partial charge in [0.1, 0.15) is 5.76 Å². The Kier molecular flexibility index (Phi) is 8.41. The number of carbonyl (C=O) groups excluding carboxylic acids is 2. The molecular formula is C25H23Cl3N4O3S. The fourth-order valence-electron chi connectivity index (χ4n) is 3.89. The van der Waals surface area contributed by atoms with Gasteiger partial charge >= 0.3 is 0 Å². The third kappa shape index (κ3) is 6.13. The number of thiocarbonyl (C=S) groups is 1. The monoisotopic (exact) mass is 564 g/mol. The van der Waals surface area contributed by atoms with Gasteiger partial charge in [0.2, 0.25) is 5.91 Å². The number of benzene rings is 2. The first-order chi connectivity index (χ1) is 17.2. The van der Waals surface area contributed by atoms with E-state index in [0.717, 1.165) is 5.69 Å². The summed E-state index contributed by atoms with van der Waals surface area (Å²) in [6, 6.07) is 13.7. The van der Waals surface area contributed by atoms with E-state index in [4.69, 9.17) is 51.4 Å². The van der Waals surface area contributed by atoms with Crippen molar-refractivity contribution in [2.24, 2.45) is 0 Å². The van der Waals surface area contributed by atoms with Crippen LogP contribution in [0.2, 0.25) is 15.1 Å². The van der Waals surface area contributed by atoms with Gasteiger partial charge in [-0.3, -0.25) is 14.9 Å². The number of nitrogens with one attached hydrogen (secondary N) is 2. The summed E-state index contributed by atoms with van der Waals surface area (Å²) in [6.45, 7) is 4.48. The summed E-state index contributed by atoms with van der Waals surface area (Å²) in [5.41, 5.74) is 2.21. The molecule has 2 heterocycles. The van der Waals surface area contributed by atoms with Crippen molar-refractivity contribution in [1.82, 2.24) is 10.2 Å². The second-order valence-electron chi connectivity index (χ2n) is 8.08. The Morgan fingerprint density at radius 2 is 1.72 bits per heavy atom. The summed E-state index contributed by atoms with van der Waals surface area (Å²) >= 11 is 23.7. The van der Waals surface area contributed by atoms with Gasteiger partial charge in [-0.1, -0.05) is 41.7 Å². The Morgan fingerprint density at radius 1 is 0.972 bits per heavy atom. The molecule has 0 aliphatic carbocycles. The highest BCUT2D eigenvalue weighted by Crippen LogP contribution is 2.31. The van der Waals surface area contributed by atoms with Crippen molar-refractivity contribution in [3.63, 3.8) is 0 Å². The molecule has 4 rings (SSSR count). The molecule has 0 saturated carbocycles. The van der Waals surface area contributed by atoms with Crippen molar-refractivity contribution >= 4 is 75.3 Å². The van der Waals surface area contributed by atoms with Gasteiger partial charge in [-0.15, -0.1) is 0 Å².